The SMILES string of the molecule is CC1Sc2ccc(C(=O)Nc3ccc(S)cc3Cl)cc2NC1=O. The minimum atomic E-state index is -0.292. The molecule has 0 fully saturated rings. The van der Waals surface area contributed by atoms with Crippen molar-refractivity contribution >= 4 is 59.2 Å². The van der Waals surface area contributed by atoms with Crippen LogP contribution in [0.25, 0.3) is 0 Å². The molecule has 2 N–H and O–H groups in total. The van der Waals surface area contributed by atoms with Gasteiger partial charge in [-0.15, -0.1) is 24.4 Å². The van der Waals surface area contributed by atoms with Gasteiger partial charge in [0.25, 0.3) is 5.91 Å². The number of thiol groups is 1. The largest absolute Gasteiger partial charge is 0.324 e. The molecule has 4 nitrogen and oxygen atoms in total. The fourth-order valence-corrected chi connectivity index (χ4v) is 3.59. The van der Waals surface area contributed by atoms with Crippen molar-refractivity contribution in [2.24, 2.45) is 0 Å². The van der Waals surface area contributed by atoms with Crippen LogP contribution in [0.2, 0.25) is 5.02 Å². The third-order valence-electron chi connectivity index (χ3n) is 3.37. The van der Waals surface area contributed by atoms with Crippen molar-refractivity contribution in [2.75, 3.05) is 10.6 Å². The van der Waals surface area contributed by atoms with E-state index in [-0.39, 0.29) is 17.1 Å². The molecule has 2 aromatic rings. The molecule has 2 aromatic carbocycles. The molecule has 2 amide bonds. The van der Waals surface area contributed by atoms with Crippen LogP contribution in [0.4, 0.5) is 11.4 Å². The van der Waals surface area contributed by atoms with Gasteiger partial charge >= 0.3 is 0 Å². The average molecular weight is 365 g/mol. The van der Waals surface area contributed by atoms with E-state index in [2.05, 4.69) is 23.3 Å². The first-order valence-corrected chi connectivity index (χ1v) is 8.56. The molecule has 1 unspecified atom stereocenters. The fraction of sp³-hybridized carbons (Fsp3) is 0.125. The first kappa shape index (κ1) is 16.2. The lowest BCUT2D eigenvalue weighted by Gasteiger charge is -2.21. The molecular formula is C16H13ClN2O2S2. The number of carbonyl (C=O) groups excluding carboxylic acids is 2. The summed E-state index contributed by atoms with van der Waals surface area (Å²) in [6.45, 7) is 1.84. The predicted molar refractivity (Wildman–Crippen MR) is 97.0 cm³/mol. The maximum atomic E-state index is 12.4. The van der Waals surface area contributed by atoms with E-state index in [9.17, 15) is 9.59 Å². The van der Waals surface area contributed by atoms with Crippen molar-refractivity contribution in [3.63, 3.8) is 0 Å². The Bertz CT molecular complexity index is 811. The smallest absolute Gasteiger partial charge is 0.255 e. The summed E-state index contributed by atoms with van der Waals surface area (Å²) in [6, 6.07) is 10.3. The Morgan fingerprint density at radius 3 is 2.83 bits per heavy atom. The minimum absolute atomic E-state index is 0.0625. The normalized spacial score (nSPS) is 16.5. The number of nitrogens with one attached hydrogen (secondary N) is 2. The average Bonchev–Trinajstić information content (AvgIpc) is 2.50. The Labute approximate surface area is 148 Å². The highest BCUT2D eigenvalue weighted by Crippen LogP contribution is 2.36. The minimum Gasteiger partial charge on any atom is -0.324 e. The highest BCUT2D eigenvalue weighted by molar-refractivity contribution is 8.00. The highest BCUT2D eigenvalue weighted by atomic mass is 35.5. The van der Waals surface area contributed by atoms with Gasteiger partial charge in [-0.2, -0.15) is 0 Å². The van der Waals surface area contributed by atoms with E-state index in [0.717, 1.165) is 9.79 Å². The molecular weight excluding hydrogens is 352 g/mol. The maximum Gasteiger partial charge on any atom is 0.255 e. The summed E-state index contributed by atoms with van der Waals surface area (Å²) in [5.74, 6) is -0.355. The van der Waals surface area contributed by atoms with Gasteiger partial charge in [0.2, 0.25) is 5.91 Å². The zero-order chi connectivity index (χ0) is 16.6. The number of thioether (sulfide) groups is 1. The summed E-state index contributed by atoms with van der Waals surface area (Å²) in [6.07, 6.45) is 0. The second-order valence-electron chi connectivity index (χ2n) is 5.08. The quantitative estimate of drug-likeness (QED) is 0.696. The second kappa shape index (κ2) is 6.47. The van der Waals surface area contributed by atoms with E-state index in [1.165, 1.54) is 11.8 Å². The number of halogens is 1. The third-order valence-corrected chi connectivity index (χ3v) is 5.14. The Morgan fingerprint density at radius 2 is 2.09 bits per heavy atom. The van der Waals surface area contributed by atoms with E-state index in [1.807, 2.05) is 13.0 Å². The van der Waals surface area contributed by atoms with Gasteiger partial charge in [0.15, 0.2) is 0 Å². The van der Waals surface area contributed by atoms with Gasteiger partial charge < -0.3 is 10.6 Å². The monoisotopic (exact) mass is 364 g/mol. The number of fused-ring (bicyclic) bond motifs is 1. The van der Waals surface area contributed by atoms with E-state index in [1.54, 1.807) is 30.3 Å². The van der Waals surface area contributed by atoms with Crippen LogP contribution in [0, 0.1) is 0 Å². The predicted octanol–water partition coefficient (Wildman–Crippen LogP) is 4.31. The van der Waals surface area contributed by atoms with E-state index >= 15 is 0 Å². The second-order valence-corrected chi connectivity index (χ2v) is 7.38. The topological polar surface area (TPSA) is 58.2 Å². The van der Waals surface area contributed by atoms with Gasteiger partial charge in [0, 0.05) is 15.4 Å². The summed E-state index contributed by atoms with van der Waals surface area (Å²) in [5, 5.41) is 5.85. The molecule has 0 saturated carbocycles. The maximum absolute atomic E-state index is 12.4. The van der Waals surface area contributed by atoms with Gasteiger partial charge in [-0.1, -0.05) is 11.6 Å². The number of anilines is 2. The summed E-state index contributed by atoms with van der Waals surface area (Å²) >= 11 is 11.8. The van der Waals surface area contributed by atoms with Gasteiger partial charge in [0.05, 0.1) is 21.6 Å². The third kappa shape index (κ3) is 3.49. The van der Waals surface area contributed by atoms with Crippen LogP contribution in [-0.2, 0) is 4.79 Å². The van der Waals surface area contributed by atoms with E-state index in [0.29, 0.717) is 22.0 Å². The van der Waals surface area contributed by atoms with Crippen molar-refractivity contribution in [1.82, 2.24) is 0 Å². The summed E-state index contributed by atoms with van der Waals surface area (Å²) in [7, 11) is 0. The van der Waals surface area contributed by atoms with Crippen LogP contribution in [0.15, 0.2) is 46.2 Å². The van der Waals surface area contributed by atoms with Crippen molar-refractivity contribution in [1.29, 1.82) is 0 Å². The van der Waals surface area contributed by atoms with Crippen molar-refractivity contribution in [3.8, 4) is 0 Å². The molecule has 0 aliphatic carbocycles. The number of amides is 2. The molecule has 118 valence electrons. The van der Waals surface area contributed by atoms with Crippen LogP contribution in [0.5, 0.6) is 0 Å². The Balaban J connectivity index is 1.83. The van der Waals surface area contributed by atoms with Crippen LogP contribution in [0.3, 0.4) is 0 Å². The summed E-state index contributed by atoms with van der Waals surface area (Å²) in [4.78, 5) is 25.8. The molecule has 0 bridgehead atoms. The van der Waals surface area contributed by atoms with Crippen LogP contribution in [0.1, 0.15) is 17.3 Å². The molecule has 0 saturated heterocycles. The lowest BCUT2D eigenvalue weighted by molar-refractivity contribution is -0.115. The Kier molecular flexibility index (Phi) is 4.57. The van der Waals surface area contributed by atoms with Gasteiger partial charge in [-0.25, -0.2) is 0 Å². The van der Waals surface area contributed by atoms with Crippen molar-refractivity contribution in [2.45, 2.75) is 22.0 Å². The molecule has 0 radical (unpaired) electrons. The standard InChI is InChI=1S/C16H13ClN2O2S2/c1-8-15(20)19-13-6-9(2-5-14(13)23-8)16(21)18-12-4-3-10(22)7-11(12)17/h2-8,22H,1H3,(H,18,21)(H,19,20). The Hall–Kier alpha value is -1.63. The van der Waals surface area contributed by atoms with Gasteiger partial charge in [-0.05, 0) is 43.3 Å². The lowest BCUT2D eigenvalue weighted by Crippen LogP contribution is -2.26. The first-order chi connectivity index (χ1) is 10.9. The number of hydrogen-bond acceptors (Lipinski definition) is 4. The molecule has 1 atom stereocenters. The summed E-state index contributed by atoms with van der Waals surface area (Å²) < 4.78 is 0. The number of hydrogen-bond donors (Lipinski definition) is 3. The highest BCUT2D eigenvalue weighted by Gasteiger charge is 2.23. The number of rotatable bonds is 2. The Morgan fingerprint density at radius 1 is 1.30 bits per heavy atom. The molecule has 23 heavy (non-hydrogen) atoms. The van der Waals surface area contributed by atoms with Crippen LogP contribution < -0.4 is 10.6 Å². The van der Waals surface area contributed by atoms with Gasteiger partial charge in [0.1, 0.15) is 0 Å². The molecule has 0 aromatic heterocycles. The number of benzene rings is 2. The van der Waals surface area contributed by atoms with Crippen molar-refractivity contribution in [3.05, 3.63) is 47.0 Å². The van der Waals surface area contributed by atoms with Crippen LogP contribution >= 0.6 is 36.0 Å². The zero-order valence-corrected chi connectivity index (χ0v) is 14.6. The zero-order valence-electron chi connectivity index (χ0n) is 12.1. The number of carbonyl (C=O) groups is 2. The molecule has 1 aliphatic rings. The molecule has 7 heteroatoms. The van der Waals surface area contributed by atoms with E-state index in [4.69, 9.17) is 11.6 Å². The molecule has 0 spiro atoms. The van der Waals surface area contributed by atoms with Crippen LogP contribution in [-0.4, -0.2) is 17.1 Å². The first-order valence-electron chi connectivity index (χ1n) is 6.85. The van der Waals surface area contributed by atoms with Crippen molar-refractivity contribution < 1.29 is 9.59 Å². The van der Waals surface area contributed by atoms with Gasteiger partial charge in [-0.3, -0.25) is 9.59 Å². The molecule has 1 heterocycles. The fourth-order valence-electron chi connectivity index (χ4n) is 2.15. The molecule has 3 rings (SSSR count). The summed E-state index contributed by atoms with van der Waals surface area (Å²) in [5.41, 5.74) is 1.62. The van der Waals surface area contributed by atoms with E-state index < -0.39 is 0 Å². The lowest BCUT2D eigenvalue weighted by atomic mass is 10.1. The molecule has 1 aliphatic heterocycles.